The van der Waals surface area contributed by atoms with E-state index in [4.69, 9.17) is 9.72 Å². The fourth-order valence-corrected chi connectivity index (χ4v) is 3.73. The summed E-state index contributed by atoms with van der Waals surface area (Å²) >= 11 is 0. The van der Waals surface area contributed by atoms with Crippen LogP contribution in [0.2, 0.25) is 0 Å². The first-order chi connectivity index (χ1) is 14.7. The molecule has 0 aliphatic rings. The highest BCUT2D eigenvalue weighted by Gasteiger charge is 2.18. The Morgan fingerprint density at radius 1 is 0.833 bits per heavy atom. The summed E-state index contributed by atoms with van der Waals surface area (Å²) in [5.74, 6) is 2.04. The van der Waals surface area contributed by atoms with Crippen LogP contribution < -0.4 is 4.74 Å². The lowest BCUT2D eigenvalue weighted by Crippen LogP contribution is -1.99. The molecule has 3 aromatic carbocycles. The number of methoxy groups -OCH3 is 1. The maximum Gasteiger partial charge on any atom is 0.188 e. The van der Waals surface area contributed by atoms with Crippen molar-refractivity contribution in [3.05, 3.63) is 78.4 Å². The molecule has 5 nitrogen and oxygen atoms in total. The number of fused-ring (bicyclic) bond motifs is 3. The molecule has 0 N–H and O–H groups in total. The van der Waals surface area contributed by atoms with Gasteiger partial charge in [-0.05, 0) is 23.6 Å². The van der Waals surface area contributed by atoms with Gasteiger partial charge in [-0.3, -0.25) is 4.40 Å². The van der Waals surface area contributed by atoms with Gasteiger partial charge in [-0.25, -0.2) is 4.98 Å². The van der Waals surface area contributed by atoms with Gasteiger partial charge in [0.15, 0.2) is 11.5 Å². The van der Waals surface area contributed by atoms with E-state index in [2.05, 4.69) is 52.7 Å². The molecule has 2 heterocycles. The van der Waals surface area contributed by atoms with Crippen LogP contribution in [0.3, 0.4) is 0 Å². The molecule has 2 aromatic heterocycles. The lowest BCUT2D eigenvalue weighted by Gasteiger charge is -2.11. The molecule has 30 heavy (non-hydrogen) atoms. The van der Waals surface area contributed by atoms with Crippen molar-refractivity contribution in [2.75, 3.05) is 7.11 Å². The zero-order valence-corrected chi connectivity index (χ0v) is 17.2. The molecule has 0 saturated carbocycles. The Kier molecular flexibility index (Phi) is 4.43. The van der Waals surface area contributed by atoms with Gasteiger partial charge >= 0.3 is 0 Å². The number of hydrogen-bond donors (Lipinski definition) is 0. The quantitative estimate of drug-likeness (QED) is 0.390. The van der Waals surface area contributed by atoms with Crippen LogP contribution in [0.15, 0.2) is 72.8 Å². The molecule has 5 heteroatoms. The molecule has 5 aromatic rings. The van der Waals surface area contributed by atoms with E-state index in [1.165, 1.54) is 5.56 Å². The van der Waals surface area contributed by atoms with E-state index in [1.54, 1.807) is 7.11 Å². The smallest absolute Gasteiger partial charge is 0.188 e. The minimum atomic E-state index is 0.480. The molecular weight excluding hydrogens is 372 g/mol. The average Bonchev–Trinajstić information content (AvgIpc) is 3.24. The van der Waals surface area contributed by atoms with Crippen molar-refractivity contribution < 1.29 is 4.74 Å². The Bertz CT molecular complexity index is 1340. The monoisotopic (exact) mass is 394 g/mol. The Hall–Kier alpha value is -3.73. The van der Waals surface area contributed by atoms with Crippen molar-refractivity contribution in [2.24, 2.45) is 0 Å². The van der Waals surface area contributed by atoms with E-state index in [9.17, 15) is 0 Å². The summed E-state index contributed by atoms with van der Waals surface area (Å²) in [7, 11) is 1.67. The van der Waals surface area contributed by atoms with E-state index in [-0.39, 0.29) is 0 Å². The van der Waals surface area contributed by atoms with Gasteiger partial charge in [-0.15, -0.1) is 10.2 Å². The van der Waals surface area contributed by atoms with Crippen molar-refractivity contribution in [2.45, 2.75) is 19.8 Å². The fourth-order valence-electron chi connectivity index (χ4n) is 3.73. The minimum Gasteiger partial charge on any atom is -0.497 e. The second-order valence-corrected chi connectivity index (χ2v) is 7.64. The third-order valence-electron chi connectivity index (χ3n) is 5.41. The molecule has 0 aliphatic carbocycles. The minimum absolute atomic E-state index is 0.480. The van der Waals surface area contributed by atoms with Gasteiger partial charge in [-0.2, -0.15) is 0 Å². The number of benzene rings is 3. The van der Waals surface area contributed by atoms with E-state index in [0.29, 0.717) is 5.92 Å². The van der Waals surface area contributed by atoms with Crippen LogP contribution in [0.25, 0.3) is 39.3 Å². The average molecular weight is 394 g/mol. The van der Waals surface area contributed by atoms with Gasteiger partial charge in [-0.1, -0.05) is 68.4 Å². The maximum atomic E-state index is 5.47. The highest BCUT2D eigenvalue weighted by Crippen LogP contribution is 2.31. The lowest BCUT2D eigenvalue weighted by atomic mass is 10.0. The molecule has 0 radical (unpaired) electrons. The van der Waals surface area contributed by atoms with E-state index >= 15 is 0 Å². The van der Waals surface area contributed by atoms with Crippen molar-refractivity contribution in [1.29, 1.82) is 0 Å². The number of ether oxygens (including phenoxy) is 1. The molecular formula is C25H22N4O. The summed E-state index contributed by atoms with van der Waals surface area (Å²) in [5.41, 5.74) is 6.64. The van der Waals surface area contributed by atoms with Gasteiger partial charge in [0.05, 0.1) is 18.1 Å². The number of rotatable bonds is 4. The topological polar surface area (TPSA) is 52.3 Å². The standard InChI is InChI=1S/C25H22N4O/c1-16(2)17-9-11-19(12-10-17)24-27-28-25-23(18-7-5-4-6-8-18)26-21-14-13-20(30-3)15-22(21)29(24)25/h4-16H,1-3H3. The lowest BCUT2D eigenvalue weighted by molar-refractivity contribution is 0.415. The molecule has 0 aliphatic heterocycles. The molecule has 0 amide bonds. The van der Waals surface area contributed by atoms with Gasteiger partial charge in [0.2, 0.25) is 0 Å². The van der Waals surface area contributed by atoms with Gasteiger partial charge in [0.1, 0.15) is 11.4 Å². The predicted octanol–water partition coefficient (Wildman–Crippen LogP) is 5.74. The second kappa shape index (κ2) is 7.26. The fraction of sp³-hybridized carbons (Fsp3) is 0.160. The first kappa shape index (κ1) is 18.3. The third kappa shape index (κ3) is 2.99. The Labute approximate surface area is 175 Å². The molecule has 0 unspecified atom stereocenters. The molecule has 148 valence electrons. The van der Waals surface area contributed by atoms with Crippen molar-refractivity contribution in [3.8, 4) is 28.4 Å². The number of hydrogen-bond acceptors (Lipinski definition) is 4. The highest BCUT2D eigenvalue weighted by molar-refractivity contribution is 5.88. The summed E-state index contributed by atoms with van der Waals surface area (Å²) in [6.45, 7) is 4.39. The summed E-state index contributed by atoms with van der Waals surface area (Å²) in [6.07, 6.45) is 0. The summed E-state index contributed by atoms with van der Waals surface area (Å²) in [4.78, 5) is 4.91. The van der Waals surface area contributed by atoms with Crippen LogP contribution >= 0.6 is 0 Å². The predicted molar refractivity (Wildman–Crippen MR) is 120 cm³/mol. The molecule has 0 spiro atoms. The molecule has 0 saturated heterocycles. The third-order valence-corrected chi connectivity index (χ3v) is 5.41. The molecule has 0 fully saturated rings. The Morgan fingerprint density at radius 3 is 2.30 bits per heavy atom. The summed E-state index contributed by atoms with van der Waals surface area (Å²) < 4.78 is 7.55. The zero-order valence-electron chi connectivity index (χ0n) is 17.2. The molecule has 0 atom stereocenters. The number of aromatic nitrogens is 4. The summed E-state index contributed by atoms with van der Waals surface area (Å²) in [6, 6.07) is 24.5. The van der Waals surface area contributed by atoms with E-state index < -0.39 is 0 Å². The van der Waals surface area contributed by atoms with Crippen LogP contribution in [-0.4, -0.2) is 26.7 Å². The Balaban J connectivity index is 1.83. The molecule has 0 bridgehead atoms. The van der Waals surface area contributed by atoms with Crippen LogP contribution in [0.4, 0.5) is 0 Å². The first-order valence-electron chi connectivity index (χ1n) is 10.0. The van der Waals surface area contributed by atoms with Crippen LogP contribution in [0.5, 0.6) is 5.75 Å². The second-order valence-electron chi connectivity index (χ2n) is 7.64. The van der Waals surface area contributed by atoms with Crippen LogP contribution in [-0.2, 0) is 0 Å². The van der Waals surface area contributed by atoms with Crippen molar-refractivity contribution in [1.82, 2.24) is 19.6 Å². The molecule has 5 rings (SSSR count). The van der Waals surface area contributed by atoms with Gasteiger partial charge in [0, 0.05) is 17.2 Å². The van der Waals surface area contributed by atoms with Crippen molar-refractivity contribution >= 4 is 16.7 Å². The largest absolute Gasteiger partial charge is 0.497 e. The Morgan fingerprint density at radius 2 is 1.60 bits per heavy atom. The summed E-state index contributed by atoms with van der Waals surface area (Å²) in [5, 5.41) is 9.11. The van der Waals surface area contributed by atoms with Crippen molar-refractivity contribution in [3.63, 3.8) is 0 Å². The highest BCUT2D eigenvalue weighted by atomic mass is 16.5. The zero-order chi connectivity index (χ0) is 20.7. The van der Waals surface area contributed by atoms with E-state index in [0.717, 1.165) is 45.1 Å². The van der Waals surface area contributed by atoms with Gasteiger partial charge in [0.25, 0.3) is 0 Å². The number of nitrogens with zero attached hydrogens (tertiary/aromatic N) is 4. The maximum absolute atomic E-state index is 5.47. The van der Waals surface area contributed by atoms with E-state index in [1.807, 2.05) is 48.5 Å². The van der Waals surface area contributed by atoms with Crippen LogP contribution in [0, 0.1) is 0 Å². The normalized spacial score (nSPS) is 11.5. The SMILES string of the molecule is COc1ccc2nc(-c3ccccc3)c3nnc(-c4ccc(C(C)C)cc4)n3c2c1. The van der Waals surface area contributed by atoms with Crippen LogP contribution in [0.1, 0.15) is 25.3 Å². The van der Waals surface area contributed by atoms with Gasteiger partial charge < -0.3 is 4.74 Å². The first-order valence-corrected chi connectivity index (χ1v) is 10.0.